The number of benzene rings is 1. The lowest BCUT2D eigenvalue weighted by Gasteiger charge is -2.05. The smallest absolute Gasteiger partial charge is 0.120 e. The maximum absolute atomic E-state index is 5.66. The number of ether oxygens (including phenoxy) is 1. The molecule has 0 aliphatic carbocycles. The van der Waals surface area contributed by atoms with Crippen molar-refractivity contribution in [3.63, 3.8) is 0 Å². The molecule has 17 heavy (non-hydrogen) atoms. The van der Waals surface area contributed by atoms with Gasteiger partial charge in [0.05, 0.1) is 6.61 Å². The maximum atomic E-state index is 5.66. The molecule has 0 saturated heterocycles. The van der Waals surface area contributed by atoms with Crippen LogP contribution in [0.1, 0.15) is 38.2 Å². The fourth-order valence-corrected chi connectivity index (χ4v) is 1.51. The van der Waals surface area contributed by atoms with Gasteiger partial charge in [-0.1, -0.05) is 37.7 Å². The molecule has 0 fully saturated rings. The third-order valence-corrected chi connectivity index (χ3v) is 2.49. The predicted octanol–water partition coefficient (Wildman–Crippen LogP) is 4.24. The Labute approximate surface area is 109 Å². The molecule has 0 amide bonds. The van der Waals surface area contributed by atoms with Crippen molar-refractivity contribution >= 4 is 11.6 Å². The van der Waals surface area contributed by atoms with Crippen LogP contribution in [0.15, 0.2) is 24.3 Å². The fourth-order valence-electron chi connectivity index (χ4n) is 1.42. The van der Waals surface area contributed by atoms with Crippen LogP contribution in [0.2, 0.25) is 0 Å². The average molecular weight is 251 g/mol. The minimum absolute atomic E-state index is 0.584. The summed E-state index contributed by atoms with van der Waals surface area (Å²) in [6.07, 6.45) is 4.27. The first-order chi connectivity index (χ1) is 8.36. The van der Waals surface area contributed by atoms with E-state index in [1.54, 1.807) is 0 Å². The molecule has 0 N–H and O–H groups in total. The fraction of sp³-hybridized carbons (Fsp3) is 0.467. The second kappa shape index (κ2) is 8.96. The zero-order chi connectivity index (χ0) is 12.3. The average Bonchev–Trinajstić information content (AvgIpc) is 2.36. The predicted molar refractivity (Wildman–Crippen MR) is 73.7 cm³/mol. The quantitative estimate of drug-likeness (QED) is 0.417. The molecular formula is C15H19ClO. The van der Waals surface area contributed by atoms with Crippen LogP contribution in [0.5, 0.6) is 5.75 Å². The molecule has 0 saturated carbocycles. The molecule has 1 aromatic rings. The molecule has 0 aromatic heterocycles. The van der Waals surface area contributed by atoms with Crippen LogP contribution >= 0.6 is 11.6 Å². The summed E-state index contributed by atoms with van der Waals surface area (Å²) in [4.78, 5) is 0. The van der Waals surface area contributed by atoms with E-state index in [0.29, 0.717) is 5.88 Å². The molecule has 0 spiro atoms. The lowest BCUT2D eigenvalue weighted by Crippen LogP contribution is -1.96. The summed E-state index contributed by atoms with van der Waals surface area (Å²) >= 11 is 5.57. The highest BCUT2D eigenvalue weighted by molar-refractivity contribution is 6.18. The lowest BCUT2D eigenvalue weighted by molar-refractivity contribution is 0.306. The summed E-state index contributed by atoms with van der Waals surface area (Å²) in [6, 6.07) is 7.91. The van der Waals surface area contributed by atoms with Crippen LogP contribution in [0, 0.1) is 11.8 Å². The minimum Gasteiger partial charge on any atom is -0.494 e. The zero-order valence-electron chi connectivity index (χ0n) is 10.3. The Bertz CT molecular complexity index is 376. The number of hydrogen-bond acceptors (Lipinski definition) is 1. The molecule has 0 unspecified atom stereocenters. The van der Waals surface area contributed by atoms with E-state index in [4.69, 9.17) is 16.3 Å². The molecule has 0 radical (unpaired) electrons. The van der Waals surface area contributed by atoms with Crippen molar-refractivity contribution < 1.29 is 4.74 Å². The van der Waals surface area contributed by atoms with Gasteiger partial charge in [0.15, 0.2) is 0 Å². The Hall–Kier alpha value is -1.13. The summed E-state index contributed by atoms with van der Waals surface area (Å²) in [7, 11) is 0. The van der Waals surface area contributed by atoms with Gasteiger partial charge in [0.1, 0.15) is 5.75 Å². The molecule has 1 nitrogen and oxygen atoms in total. The molecule has 2 heteroatoms. The topological polar surface area (TPSA) is 9.23 Å². The minimum atomic E-state index is 0.584. The standard InChI is InChI=1S/C15H19ClO/c1-2-3-6-12-17-15-10-7-9-14(13-15)8-4-5-11-16/h7,9-10,13H,2-3,5-6,11-12H2,1H3. The van der Waals surface area contributed by atoms with E-state index in [9.17, 15) is 0 Å². The molecule has 0 heterocycles. The van der Waals surface area contributed by atoms with Crippen molar-refractivity contribution in [2.75, 3.05) is 12.5 Å². The second-order valence-electron chi connectivity index (χ2n) is 3.82. The van der Waals surface area contributed by atoms with E-state index in [1.807, 2.05) is 24.3 Å². The third-order valence-electron chi connectivity index (χ3n) is 2.30. The number of alkyl halides is 1. The van der Waals surface area contributed by atoms with Crippen LogP contribution in [0.25, 0.3) is 0 Å². The van der Waals surface area contributed by atoms with Gasteiger partial charge in [-0.3, -0.25) is 0 Å². The molecule has 0 aliphatic heterocycles. The van der Waals surface area contributed by atoms with Gasteiger partial charge < -0.3 is 4.74 Å². The zero-order valence-corrected chi connectivity index (χ0v) is 11.1. The number of unbranched alkanes of at least 4 members (excludes halogenated alkanes) is 2. The first kappa shape index (κ1) is 13.9. The van der Waals surface area contributed by atoms with Crippen LogP contribution < -0.4 is 4.74 Å². The Morgan fingerprint density at radius 1 is 1.29 bits per heavy atom. The van der Waals surface area contributed by atoms with Gasteiger partial charge in [-0.25, -0.2) is 0 Å². The van der Waals surface area contributed by atoms with Crippen LogP contribution in [-0.2, 0) is 0 Å². The molecule has 92 valence electrons. The summed E-state index contributed by atoms with van der Waals surface area (Å²) in [5, 5.41) is 0. The first-order valence-corrected chi connectivity index (χ1v) is 6.68. The Kier molecular flexibility index (Phi) is 7.34. The highest BCUT2D eigenvalue weighted by Crippen LogP contribution is 2.13. The monoisotopic (exact) mass is 250 g/mol. The van der Waals surface area contributed by atoms with E-state index < -0.39 is 0 Å². The molecular weight excluding hydrogens is 232 g/mol. The van der Waals surface area contributed by atoms with E-state index >= 15 is 0 Å². The van der Waals surface area contributed by atoms with Crippen molar-refractivity contribution in [3.05, 3.63) is 29.8 Å². The largest absolute Gasteiger partial charge is 0.494 e. The Morgan fingerprint density at radius 3 is 2.94 bits per heavy atom. The number of halogens is 1. The number of hydrogen-bond donors (Lipinski definition) is 0. The van der Waals surface area contributed by atoms with Crippen molar-refractivity contribution in [2.45, 2.75) is 32.6 Å². The molecule has 0 bridgehead atoms. The van der Waals surface area contributed by atoms with Crippen LogP contribution in [0.4, 0.5) is 0 Å². The van der Waals surface area contributed by atoms with Gasteiger partial charge in [0.2, 0.25) is 0 Å². The molecule has 0 aliphatic rings. The summed E-state index contributed by atoms with van der Waals surface area (Å²) < 4.78 is 5.66. The lowest BCUT2D eigenvalue weighted by atomic mass is 10.2. The van der Waals surface area contributed by atoms with Gasteiger partial charge in [-0.2, -0.15) is 0 Å². The Morgan fingerprint density at radius 2 is 2.18 bits per heavy atom. The normalized spacial score (nSPS) is 9.53. The van der Waals surface area contributed by atoms with Gasteiger partial charge in [0.25, 0.3) is 0 Å². The van der Waals surface area contributed by atoms with E-state index in [2.05, 4.69) is 18.8 Å². The van der Waals surface area contributed by atoms with Crippen LogP contribution in [0.3, 0.4) is 0 Å². The first-order valence-electron chi connectivity index (χ1n) is 6.14. The van der Waals surface area contributed by atoms with Gasteiger partial charge in [-0.15, -0.1) is 11.6 Å². The van der Waals surface area contributed by atoms with E-state index in [1.165, 1.54) is 12.8 Å². The van der Waals surface area contributed by atoms with Gasteiger partial charge >= 0.3 is 0 Å². The van der Waals surface area contributed by atoms with Crippen molar-refractivity contribution in [1.82, 2.24) is 0 Å². The molecule has 0 atom stereocenters. The van der Waals surface area contributed by atoms with E-state index in [-0.39, 0.29) is 0 Å². The van der Waals surface area contributed by atoms with Crippen molar-refractivity contribution in [1.29, 1.82) is 0 Å². The van der Waals surface area contributed by atoms with Gasteiger partial charge in [-0.05, 0) is 24.6 Å². The summed E-state index contributed by atoms with van der Waals surface area (Å²) in [6.45, 7) is 2.97. The molecule has 1 rings (SSSR count). The number of rotatable bonds is 6. The second-order valence-corrected chi connectivity index (χ2v) is 4.20. The maximum Gasteiger partial charge on any atom is 0.120 e. The highest BCUT2D eigenvalue weighted by Gasteiger charge is 1.94. The summed E-state index contributed by atoms with van der Waals surface area (Å²) in [5.74, 6) is 7.58. The SMILES string of the molecule is CCCCCOc1cccc(C#CCCCl)c1. The van der Waals surface area contributed by atoms with E-state index in [0.717, 1.165) is 30.8 Å². The van der Waals surface area contributed by atoms with Crippen LogP contribution in [-0.4, -0.2) is 12.5 Å². The van der Waals surface area contributed by atoms with Crippen molar-refractivity contribution in [2.24, 2.45) is 0 Å². The highest BCUT2D eigenvalue weighted by atomic mass is 35.5. The summed E-state index contributed by atoms with van der Waals surface area (Å²) in [5.41, 5.74) is 0.989. The Balaban J connectivity index is 2.46. The van der Waals surface area contributed by atoms with Crippen molar-refractivity contribution in [3.8, 4) is 17.6 Å². The third kappa shape index (κ3) is 6.24. The molecule has 1 aromatic carbocycles. The van der Waals surface area contributed by atoms with Gasteiger partial charge in [0, 0.05) is 17.9 Å².